The van der Waals surface area contributed by atoms with Crippen LogP contribution in [0.5, 0.6) is 0 Å². The van der Waals surface area contributed by atoms with Gasteiger partial charge >= 0.3 is 0 Å². The van der Waals surface area contributed by atoms with Gasteiger partial charge in [0.1, 0.15) is 5.84 Å². The summed E-state index contributed by atoms with van der Waals surface area (Å²) in [5, 5.41) is 6.94. The molecule has 1 fully saturated rings. The van der Waals surface area contributed by atoms with Crippen molar-refractivity contribution in [3.63, 3.8) is 0 Å². The first-order valence-electron chi connectivity index (χ1n) is 6.09. The van der Waals surface area contributed by atoms with Gasteiger partial charge in [-0.15, -0.1) is 0 Å². The average Bonchev–Trinajstić information content (AvgIpc) is 2.71. The van der Waals surface area contributed by atoms with Gasteiger partial charge in [-0.05, 0) is 30.7 Å². The molecule has 2 heterocycles. The highest BCUT2D eigenvalue weighted by molar-refractivity contribution is 9.10. The smallest absolute Gasteiger partial charge is 0.101 e. The molecule has 3 rings (SSSR count). The van der Waals surface area contributed by atoms with Crippen LogP contribution in [-0.2, 0) is 6.42 Å². The Labute approximate surface area is 110 Å². The first kappa shape index (κ1) is 11.2. The summed E-state index contributed by atoms with van der Waals surface area (Å²) >= 11 is 3.50. The number of benzene rings is 1. The van der Waals surface area contributed by atoms with Crippen molar-refractivity contribution in [3.8, 4) is 0 Å². The molecule has 2 atom stereocenters. The Kier molecular flexibility index (Phi) is 3.16. The molecular weight excluding hydrogens is 278 g/mol. The van der Waals surface area contributed by atoms with Crippen LogP contribution in [0.25, 0.3) is 0 Å². The molecule has 0 saturated carbocycles. The number of piperidine rings is 1. The molecule has 2 N–H and O–H groups in total. The van der Waals surface area contributed by atoms with Crippen molar-refractivity contribution in [1.82, 2.24) is 10.6 Å². The summed E-state index contributed by atoms with van der Waals surface area (Å²) in [5.74, 6) is 1.14. The SMILES string of the molecule is Brc1cccc(CC2=NC3CCNCC3N2)c1. The second-order valence-electron chi connectivity index (χ2n) is 4.69. The minimum atomic E-state index is 0.485. The Morgan fingerprint density at radius 2 is 2.35 bits per heavy atom. The quantitative estimate of drug-likeness (QED) is 0.871. The van der Waals surface area contributed by atoms with Crippen LogP contribution in [0.4, 0.5) is 0 Å². The molecule has 0 aromatic heterocycles. The predicted octanol–water partition coefficient (Wildman–Crippen LogP) is 1.72. The van der Waals surface area contributed by atoms with Crippen molar-refractivity contribution in [2.45, 2.75) is 24.9 Å². The Balaban J connectivity index is 1.70. The van der Waals surface area contributed by atoms with Crippen molar-refractivity contribution < 1.29 is 0 Å². The lowest BCUT2D eigenvalue weighted by atomic mass is 10.0. The molecule has 1 aromatic carbocycles. The van der Waals surface area contributed by atoms with Crippen LogP contribution in [0, 0.1) is 0 Å². The molecule has 0 radical (unpaired) electrons. The molecule has 0 bridgehead atoms. The number of nitrogens with zero attached hydrogens (tertiary/aromatic N) is 1. The third-order valence-electron chi connectivity index (χ3n) is 3.38. The van der Waals surface area contributed by atoms with Crippen LogP contribution in [0.1, 0.15) is 12.0 Å². The van der Waals surface area contributed by atoms with E-state index in [4.69, 9.17) is 4.99 Å². The maximum absolute atomic E-state index is 4.79. The van der Waals surface area contributed by atoms with Gasteiger partial charge < -0.3 is 10.6 Å². The van der Waals surface area contributed by atoms with Crippen molar-refractivity contribution in [2.24, 2.45) is 4.99 Å². The van der Waals surface area contributed by atoms with E-state index in [-0.39, 0.29) is 0 Å². The molecule has 4 heteroatoms. The number of fused-ring (bicyclic) bond motifs is 1. The summed E-state index contributed by atoms with van der Waals surface area (Å²) in [6.07, 6.45) is 2.06. The largest absolute Gasteiger partial charge is 0.367 e. The lowest BCUT2D eigenvalue weighted by molar-refractivity contribution is 0.402. The molecule has 17 heavy (non-hydrogen) atoms. The number of aliphatic imine (C=N–C) groups is 1. The minimum Gasteiger partial charge on any atom is -0.367 e. The highest BCUT2D eigenvalue weighted by Gasteiger charge is 2.30. The highest BCUT2D eigenvalue weighted by Crippen LogP contribution is 2.17. The van der Waals surface area contributed by atoms with E-state index in [9.17, 15) is 0 Å². The zero-order chi connectivity index (χ0) is 11.7. The third kappa shape index (κ3) is 2.53. The summed E-state index contributed by atoms with van der Waals surface area (Å²) in [5.41, 5.74) is 1.30. The molecule has 2 aliphatic heterocycles. The Morgan fingerprint density at radius 3 is 3.18 bits per heavy atom. The van der Waals surface area contributed by atoms with Crippen LogP contribution < -0.4 is 10.6 Å². The van der Waals surface area contributed by atoms with Crippen LogP contribution in [0.2, 0.25) is 0 Å². The van der Waals surface area contributed by atoms with E-state index in [2.05, 4.69) is 50.8 Å². The molecule has 2 unspecified atom stereocenters. The van der Waals surface area contributed by atoms with Gasteiger partial charge in [0.05, 0.1) is 12.1 Å². The maximum atomic E-state index is 4.79. The van der Waals surface area contributed by atoms with Gasteiger partial charge in [-0.25, -0.2) is 0 Å². The van der Waals surface area contributed by atoms with E-state index >= 15 is 0 Å². The number of nitrogens with one attached hydrogen (secondary N) is 2. The van der Waals surface area contributed by atoms with Crippen molar-refractivity contribution >= 4 is 21.8 Å². The second kappa shape index (κ2) is 4.78. The number of hydrogen-bond donors (Lipinski definition) is 2. The van der Waals surface area contributed by atoms with Gasteiger partial charge in [0.25, 0.3) is 0 Å². The van der Waals surface area contributed by atoms with E-state index in [0.717, 1.165) is 36.2 Å². The lowest BCUT2D eigenvalue weighted by Gasteiger charge is -2.24. The minimum absolute atomic E-state index is 0.485. The molecule has 3 nitrogen and oxygen atoms in total. The number of amidine groups is 1. The van der Waals surface area contributed by atoms with Gasteiger partial charge in [-0.3, -0.25) is 4.99 Å². The number of halogens is 1. The topological polar surface area (TPSA) is 36.4 Å². The third-order valence-corrected chi connectivity index (χ3v) is 3.87. The first-order valence-corrected chi connectivity index (χ1v) is 6.89. The highest BCUT2D eigenvalue weighted by atomic mass is 79.9. The number of hydrogen-bond acceptors (Lipinski definition) is 3. The van der Waals surface area contributed by atoms with E-state index in [1.807, 2.05) is 0 Å². The van der Waals surface area contributed by atoms with Crippen LogP contribution in [0.3, 0.4) is 0 Å². The fourth-order valence-corrected chi connectivity index (χ4v) is 2.98. The Morgan fingerprint density at radius 1 is 1.41 bits per heavy atom. The molecular formula is C13H16BrN3. The summed E-state index contributed by atoms with van der Waals surface area (Å²) in [6.45, 7) is 2.13. The van der Waals surface area contributed by atoms with Gasteiger partial charge in [0.2, 0.25) is 0 Å². The summed E-state index contributed by atoms with van der Waals surface area (Å²) < 4.78 is 1.13. The molecule has 0 spiro atoms. The zero-order valence-corrected chi connectivity index (χ0v) is 11.2. The van der Waals surface area contributed by atoms with Gasteiger partial charge in [0, 0.05) is 17.4 Å². The summed E-state index contributed by atoms with van der Waals surface area (Å²) in [4.78, 5) is 4.79. The standard InChI is InChI=1S/C13H16BrN3/c14-10-3-1-2-9(6-10)7-13-16-11-4-5-15-8-12(11)17-13/h1-3,6,11-12,15H,4-5,7-8H2,(H,16,17). The van der Waals surface area contributed by atoms with Crippen molar-refractivity contribution in [1.29, 1.82) is 0 Å². The van der Waals surface area contributed by atoms with Crippen molar-refractivity contribution in [3.05, 3.63) is 34.3 Å². The molecule has 0 aliphatic carbocycles. The van der Waals surface area contributed by atoms with Gasteiger partial charge in [-0.1, -0.05) is 28.1 Å². The van der Waals surface area contributed by atoms with E-state index in [1.165, 1.54) is 5.56 Å². The van der Waals surface area contributed by atoms with Crippen molar-refractivity contribution in [2.75, 3.05) is 13.1 Å². The van der Waals surface area contributed by atoms with Crippen LogP contribution >= 0.6 is 15.9 Å². The van der Waals surface area contributed by atoms with Crippen LogP contribution in [-0.4, -0.2) is 31.0 Å². The van der Waals surface area contributed by atoms with Gasteiger partial charge in [-0.2, -0.15) is 0 Å². The Hall–Kier alpha value is -0.870. The van der Waals surface area contributed by atoms with Gasteiger partial charge in [0.15, 0.2) is 0 Å². The molecule has 0 amide bonds. The molecule has 1 saturated heterocycles. The summed E-state index contributed by atoms with van der Waals surface area (Å²) in [6, 6.07) is 9.42. The Bertz CT molecular complexity index is 444. The number of rotatable bonds is 2. The zero-order valence-electron chi connectivity index (χ0n) is 9.62. The predicted molar refractivity (Wildman–Crippen MR) is 73.5 cm³/mol. The summed E-state index contributed by atoms with van der Waals surface area (Å²) in [7, 11) is 0. The second-order valence-corrected chi connectivity index (χ2v) is 5.61. The molecule has 90 valence electrons. The van der Waals surface area contributed by atoms with E-state index in [0.29, 0.717) is 12.1 Å². The fraction of sp³-hybridized carbons (Fsp3) is 0.462. The lowest BCUT2D eigenvalue weighted by Crippen LogP contribution is -2.48. The molecule has 2 aliphatic rings. The first-order chi connectivity index (χ1) is 8.31. The monoisotopic (exact) mass is 293 g/mol. The van der Waals surface area contributed by atoms with E-state index < -0.39 is 0 Å². The fourth-order valence-electron chi connectivity index (χ4n) is 2.53. The normalized spacial score (nSPS) is 27.2. The van der Waals surface area contributed by atoms with Crippen LogP contribution in [0.15, 0.2) is 33.7 Å². The average molecular weight is 294 g/mol. The van der Waals surface area contributed by atoms with E-state index in [1.54, 1.807) is 0 Å². The maximum Gasteiger partial charge on any atom is 0.101 e. The molecule has 1 aromatic rings.